The number of rotatable bonds is 6. The third kappa shape index (κ3) is 4.97. The highest BCUT2D eigenvalue weighted by atomic mass is 32.2. The monoisotopic (exact) mass is 331 g/mol. The second-order valence-electron chi connectivity index (χ2n) is 7.00. The van der Waals surface area contributed by atoms with E-state index in [0.29, 0.717) is 12.8 Å². The van der Waals surface area contributed by atoms with E-state index in [9.17, 15) is 23.1 Å². The van der Waals surface area contributed by atoms with Gasteiger partial charge >= 0.3 is 5.97 Å². The predicted molar refractivity (Wildman–Crippen MR) is 82.1 cm³/mol. The molecule has 0 radical (unpaired) electrons. The van der Waals surface area contributed by atoms with Crippen molar-refractivity contribution in [1.82, 2.24) is 5.32 Å². The summed E-state index contributed by atoms with van der Waals surface area (Å²) in [5.74, 6) is -1.55. The van der Waals surface area contributed by atoms with Gasteiger partial charge in [0.1, 0.15) is 9.84 Å². The molecule has 0 aromatic rings. The normalized spacial score (nSPS) is 27.7. The minimum Gasteiger partial charge on any atom is -0.481 e. The minimum atomic E-state index is -3.10. The highest BCUT2D eigenvalue weighted by Gasteiger charge is 2.47. The fraction of sp³-hybridized carbons (Fsp3) is 0.867. The molecule has 22 heavy (non-hydrogen) atoms. The van der Waals surface area contributed by atoms with Crippen LogP contribution in [-0.2, 0) is 19.4 Å². The van der Waals surface area contributed by atoms with Crippen molar-refractivity contribution in [3.05, 3.63) is 0 Å². The Hall–Kier alpha value is -1.11. The van der Waals surface area contributed by atoms with Crippen molar-refractivity contribution < 1.29 is 23.1 Å². The number of nitrogens with one attached hydrogen (secondary N) is 1. The highest BCUT2D eigenvalue weighted by Crippen LogP contribution is 2.49. The van der Waals surface area contributed by atoms with E-state index >= 15 is 0 Å². The molecule has 1 amide bonds. The van der Waals surface area contributed by atoms with Gasteiger partial charge in [0, 0.05) is 18.7 Å². The molecule has 2 aliphatic rings. The van der Waals surface area contributed by atoms with Crippen LogP contribution in [0.25, 0.3) is 0 Å². The SMILES string of the molecule is CS(=O)(=O)CC1(CC(=O)N[C@H]2CCCCC[C@H]2C(=O)O)CC1. The smallest absolute Gasteiger partial charge is 0.308 e. The number of carboxylic acid groups (broad SMARTS) is 1. The lowest BCUT2D eigenvalue weighted by molar-refractivity contribution is -0.143. The summed E-state index contributed by atoms with van der Waals surface area (Å²) < 4.78 is 22.9. The maximum atomic E-state index is 12.2. The van der Waals surface area contributed by atoms with Crippen LogP contribution in [0.1, 0.15) is 51.4 Å². The van der Waals surface area contributed by atoms with Crippen LogP contribution in [0.15, 0.2) is 0 Å². The second kappa shape index (κ2) is 6.56. The average Bonchev–Trinajstić information content (AvgIpc) is 3.11. The van der Waals surface area contributed by atoms with E-state index < -0.39 is 27.1 Å². The summed E-state index contributed by atoms with van der Waals surface area (Å²) in [4.78, 5) is 23.6. The fourth-order valence-electron chi connectivity index (χ4n) is 3.48. The maximum absolute atomic E-state index is 12.2. The average molecular weight is 331 g/mol. The fourth-order valence-corrected chi connectivity index (χ4v) is 4.98. The Balaban J connectivity index is 1.94. The standard InChI is InChI=1S/C15H25NO5S/c1-22(20,21)10-15(7-8-15)9-13(17)16-12-6-4-2-3-5-11(12)14(18)19/h11-12H,2-10H2,1H3,(H,16,17)(H,18,19)/t11-,12+/m1/s1. The van der Waals surface area contributed by atoms with E-state index in [0.717, 1.165) is 32.1 Å². The number of aliphatic carboxylic acids is 1. The molecule has 0 heterocycles. The largest absolute Gasteiger partial charge is 0.481 e. The van der Waals surface area contributed by atoms with E-state index in [1.807, 2.05) is 0 Å². The first kappa shape index (κ1) is 17.2. The Kier molecular flexibility index (Phi) is 5.14. The van der Waals surface area contributed by atoms with Crippen LogP contribution >= 0.6 is 0 Å². The molecule has 0 saturated heterocycles. The predicted octanol–water partition coefficient (Wildman–Crippen LogP) is 1.35. The summed E-state index contributed by atoms with van der Waals surface area (Å²) in [6, 6.07) is -0.332. The van der Waals surface area contributed by atoms with Gasteiger partial charge in [0.05, 0.1) is 11.7 Å². The van der Waals surface area contributed by atoms with Gasteiger partial charge in [0.15, 0.2) is 0 Å². The number of carbonyl (C=O) groups excluding carboxylic acids is 1. The molecule has 2 aliphatic carbocycles. The van der Waals surface area contributed by atoms with E-state index in [2.05, 4.69) is 5.32 Å². The van der Waals surface area contributed by atoms with Gasteiger partial charge in [-0.2, -0.15) is 0 Å². The quantitative estimate of drug-likeness (QED) is 0.716. The van der Waals surface area contributed by atoms with Crippen molar-refractivity contribution in [2.75, 3.05) is 12.0 Å². The Labute approximate surface area is 131 Å². The summed E-state index contributed by atoms with van der Waals surface area (Å²) in [6.07, 6.45) is 6.94. The molecular weight excluding hydrogens is 306 g/mol. The van der Waals surface area contributed by atoms with Crippen LogP contribution in [-0.4, -0.2) is 43.5 Å². The van der Waals surface area contributed by atoms with Crippen LogP contribution < -0.4 is 5.32 Å². The maximum Gasteiger partial charge on any atom is 0.308 e. The van der Waals surface area contributed by atoms with Crippen LogP contribution in [0, 0.1) is 11.3 Å². The Bertz CT molecular complexity index is 538. The lowest BCUT2D eigenvalue weighted by atomic mass is 9.94. The lowest BCUT2D eigenvalue weighted by Crippen LogP contribution is -2.43. The van der Waals surface area contributed by atoms with Crippen LogP contribution in [0.2, 0.25) is 0 Å². The van der Waals surface area contributed by atoms with Crippen molar-refractivity contribution in [1.29, 1.82) is 0 Å². The van der Waals surface area contributed by atoms with Gasteiger partial charge < -0.3 is 10.4 Å². The van der Waals surface area contributed by atoms with Crippen molar-refractivity contribution in [3.8, 4) is 0 Å². The third-order valence-electron chi connectivity index (χ3n) is 4.74. The van der Waals surface area contributed by atoms with Crippen molar-refractivity contribution >= 4 is 21.7 Å². The minimum absolute atomic E-state index is 0.0421. The van der Waals surface area contributed by atoms with E-state index in [4.69, 9.17) is 0 Å². The number of amides is 1. The third-order valence-corrected chi connectivity index (χ3v) is 5.88. The van der Waals surface area contributed by atoms with Crippen molar-refractivity contribution in [2.45, 2.75) is 57.4 Å². The van der Waals surface area contributed by atoms with Gasteiger partial charge in [-0.05, 0) is 31.1 Å². The van der Waals surface area contributed by atoms with Gasteiger partial charge in [0.25, 0.3) is 0 Å². The highest BCUT2D eigenvalue weighted by molar-refractivity contribution is 7.90. The van der Waals surface area contributed by atoms with Gasteiger partial charge in [-0.15, -0.1) is 0 Å². The molecule has 2 atom stereocenters. The summed E-state index contributed by atoms with van der Waals surface area (Å²) in [7, 11) is -3.10. The summed E-state index contributed by atoms with van der Waals surface area (Å²) in [6.45, 7) is 0. The van der Waals surface area contributed by atoms with Crippen LogP contribution in [0.3, 0.4) is 0 Å². The number of carbonyl (C=O) groups is 2. The number of carboxylic acids is 1. The van der Waals surface area contributed by atoms with E-state index in [1.54, 1.807) is 0 Å². The van der Waals surface area contributed by atoms with Crippen molar-refractivity contribution in [3.63, 3.8) is 0 Å². The molecule has 126 valence electrons. The zero-order chi connectivity index (χ0) is 16.4. The molecule has 7 heteroatoms. The first-order valence-corrected chi connectivity index (χ1v) is 9.97. The molecule has 0 unspecified atom stereocenters. The molecule has 0 bridgehead atoms. The topological polar surface area (TPSA) is 101 Å². The van der Waals surface area contributed by atoms with Crippen molar-refractivity contribution in [2.24, 2.45) is 11.3 Å². The number of hydrogen-bond donors (Lipinski definition) is 2. The molecule has 0 aliphatic heterocycles. The summed E-state index contributed by atoms with van der Waals surface area (Å²) in [5, 5.41) is 12.2. The molecule has 0 aromatic heterocycles. The summed E-state index contributed by atoms with van der Waals surface area (Å²) in [5.41, 5.74) is -0.416. The number of hydrogen-bond acceptors (Lipinski definition) is 4. The Morgan fingerprint density at radius 1 is 1.18 bits per heavy atom. The molecule has 6 nitrogen and oxygen atoms in total. The van der Waals surface area contributed by atoms with Crippen LogP contribution in [0.4, 0.5) is 0 Å². The molecule has 0 aromatic carbocycles. The molecule has 2 saturated carbocycles. The Morgan fingerprint density at radius 2 is 1.82 bits per heavy atom. The van der Waals surface area contributed by atoms with E-state index in [1.165, 1.54) is 6.26 Å². The van der Waals surface area contributed by atoms with Gasteiger partial charge in [-0.25, -0.2) is 8.42 Å². The van der Waals surface area contributed by atoms with Gasteiger partial charge in [-0.3, -0.25) is 9.59 Å². The van der Waals surface area contributed by atoms with Crippen LogP contribution in [0.5, 0.6) is 0 Å². The summed E-state index contributed by atoms with van der Waals surface area (Å²) >= 11 is 0. The first-order chi connectivity index (χ1) is 10.2. The molecule has 2 fully saturated rings. The van der Waals surface area contributed by atoms with E-state index in [-0.39, 0.29) is 24.1 Å². The molecule has 2 N–H and O–H groups in total. The molecular formula is C15H25NO5S. The van der Waals surface area contributed by atoms with Gasteiger partial charge in [-0.1, -0.05) is 19.3 Å². The molecule has 2 rings (SSSR count). The zero-order valence-electron chi connectivity index (χ0n) is 13.0. The zero-order valence-corrected chi connectivity index (χ0v) is 13.8. The number of sulfone groups is 1. The lowest BCUT2D eigenvalue weighted by Gasteiger charge is -2.24. The van der Waals surface area contributed by atoms with Gasteiger partial charge in [0.2, 0.25) is 5.91 Å². The molecule has 0 spiro atoms. The second-order valence-corrected chi connectivity index (χ2v) is 9.14. The first-order valence-electron chi connectivity index (χ1n) is 7.91. The Morgan fingerprint density at radius 3 is 2.36 bits per heavy atom.